The van der Waals surface area contributed by atoms with E-state index in [4.69, 9.17) is 18.9 Å². The second kappa shape index (κ2) is 14.5. The predicted molar refractivity (Wildman–Crippen MR) is 148 cm³/mol. The average molecular weight is 722 g/mol. The normalized spacial score (nSPS) is 12.6. The maximum Gasteiger partial charge on any atom is 0.352 e. The molecule has 0 heterocycles. The van der Waals surface area contributed by atoms with Gasteiger partial charge in [0.15, 0.2) is 0 Å². The van der Waals surface area contributed by atoms with Gasteiger partial charge in [0, 0.05) is 7.14 Å². The van der Waals surface area contributed by atoms with Gasteiger partial charge in [-0.2, -0.15) is 0 Å². The van der Waals surface area contributed by atoms with Gasteiger partial charge in [-0.3, -0.25) is 9.59 Å². The molecule has 2 atom stereocenters. The zero-order chi connectivity index (χ0) is 26.8. The Morgan fingerprint density at radius 1 is 0.611 bits per heavy atom. The molecule has 2 aromatic rings. The monoisotopic (exact) mass is 722 g/mol. The van der Waals surface area contributed by atoms with Crippen LogP contribution in [0.5, 0.6) is 0 Å². The van der Waals surface area contributed by atoms with Gasteiger partial charge >= 0.3 is 23.9 Å². The highest BCUT2D eigenvalue weighted by atomic mass is 127. The third kappa shape index (κ3) is 9.68. The van der Waals surface area contributed by atoms with Crippen LogP contribution in [-0.4, -0.2) is 48.3 Å². The first-order valence-corrected chi connectivity index (χ1v) is 13.4. The Morgan fingerprint density at radius 3 is 1.25 bits per heavy atom. The number of halogens is 2. The molecular weight excluding hydrogens is 694 g/mol. The summed E-state index contributed by atoms with van der Waals surface area (Å²) in [7, 11) is 0. The smallest absolute Gasteiger partial charge is 0.352 e. The van der Waals surface area contributed by atoms with Gasteiger partial charge in [-0.1, -0.05) is 36.4 Å². The highest BCUT2D eigenvalue weighted by Gasteiger charge is 2.43. The first-order valence-electron chi connectivity index (χ1n) is 11.2. The van der Waals surface area contributed by atoms with Crippen LogP contribution < -0.4 is 0 Å². The largest absolute Gasteiger partial charge is 0.460 e. The summed E-state index contributed by atoms with van der Waals surface area (Å²) in [5.74, 6) is -3.62. The Labute approximate surface area is 237 Å². The number of carbonyl (C=O) groups excluding carboxylic acids is 4. The van der Waals surface area contributed by atoms with E-state index in [1.54, 1.807) is 52.0 Å². The molecule has 0 aliphatic carbocycles. The van der Waals surface area contributed by atoms with Crippen LogP contribution in [0.15, 0.2) is 48.5 Å². The molecule has 0 fully saturated rings. The number of esters is 4. The van der Waals surface area contributed by atoms with E-state index in [0.717, 1.165) is 7.14 Å². The lowest BCUT2D eigenvalue weighted by Crippen LogP contribution is -2.48. The molecule has 0 spiro atoms. The molecule has 0 unspecified atom stereocenters. The first-order chi connectivity index (χ1) is 17.0. The predicted octanol–water partition coefficient (Wildman–Crippen LogP) is 4.41. The van der Waals surface area contributed by atoms with Crippen LogP contribution in [-0.2, 0) is 51.0 Å². The standard InChI is InChI=1S/C26H28I2O8/c1-15(2)33-25(31)23(35-21(29)13-17-9-5-7-11-19(17)27)24(26(32)34-16(3)4)36-22(30)14-18-10-6-8-12-20(18)28/h5-12,15-16,23-24H,13-14H2,1-4H3/t23-,24-/m1/s1. The van der Waals surface area contributed by atoms with Crippen LogP contribution in [0.2, 0.25) is 0 Å². The fourth-order valence-corrected chi connectivity index (χ4v) is 4.18. The summed E-state index contributed by atoms with van der Waals surface area (Å²) in [6, 6.07) is 14.3. The summed E-state index contributed by atoms with van der Waals surface area (Å²) in [5, 5.41) is 0. The minimum Gasteiger partial charge on any atom is -0.460 e. The van der Waals surface area contributed by atoms with Crippen molar-refractivity contribution in [3.63, 3.8) is 0 Å². The molecular formula is C26H28I2O8. The summed E-state index contributed by atoms with van der Waals surface area (Å²) in [6.07, 6.45) is -5.15. The Bertz CT molecular complexity index is 998. The number of rotatable bonds is 11. The fourth-order valence-electron chi connectivity index (χ4n) is 3.03. The van der Waals surface area contributed by atoms with Gasteiger partial charge in [0.2, 0.25) is 12.2 Å². The van der Waals surface area contributed by atoms with Crippen LogP contribution in [0, 0.1) is 7.14 Å². The molecule has 0 radical (unpaired) electrons. The molecule has 0 amide bonds. The van der Waals surface area contributed by atoms with Crippen molar-refractivity contribution in [2.24, 2.45) is 0 Å². The van der Waals surface area contributed by atoms with Gasteiger partial charge in [-0.15, -0.1) is 0 Å². The molecule has 0 aliphatic heterocycles. The molecule has 0 N–H and O–H groups in total. The molecule has 36 heavy (non-hydrogen) atoms. The third-order valence-corrected chi connectivity index (χ3v) is 6.65. The van der Waals surface area contributed by atoms with E-state index >= 15 is 0 Å². The van der Waals surface area contributed by atoms with E-state index in [0.29, 0.717) is 11.1 Å². The van der Waals surface area contributed by atoms with E-state index < -0.39 is 48.3 Å². The topological polar surface area (TPSA) is 105 Å². The van der Waals surface area contributed by atoms with Crippen molar-refractivity contribution < 1.29 is 38.1 Å². The van der Waals surface area contributed by atoms with Crippen LogP contribution in [0.4, 0.5) is 0 Å². The lowest BCUT2D eigenvalue weighted by molar-refractivity contribution is -0.194. The van der Waals surface area contributed by atoms with E-state index in [1.165, 1.54) is 0 Å². The van der Waals surface area contributed by atoms with Crippen molar-refractivity contribution >= 4 is 69.1 Å². The van der Waals surface area contributed by atoms with E-state index in [9.17, 15) is 19.2 Å². The van der Waals surface area contributed by atoms with Gasteiger partial charge in [-0.25, -0.2) is 9.59 Å². The van der Waals surface area contributed by atoms with Crippen LogP contribution in [0.3, 0.4) is 0 Å². The van der Waals surface area contributed by atoms with Gasteiger partial charge < -0.3 is 18.9 Å². The molecule has 0 bridgehead atoms. The first kappa shape index (κ1) is 30.0. The van der Waals surface area contributed by atoms with Crippen LogP contribution in [0.1, 0.15) is 38.8 Å². The number of ether oxygens (including phenoxy) is 4. The van der Waals surface area contributed by atoms with Crippen LogP contribution in [0.25, 0.3) is 0 Å². The minimum absolute atomic E-state index is 0.160. The number of hydrogen-bond acceptors (Lipinski definition) is 8. The van der Waals surface area contributed by atoms with E-state index in [2.05, 4.69) is 45.2 Å². The van der Waals surface area contributed by atoms with Gasteiger partial charge in [0.1, 0.15) is 0 Å². The van der Waals surface area contributed by atoms with Crippen molar-refractivity contribution in [2.75, 3.05) is 0 Å². The second-order valence-electron chi connectivity index (χ2n) is 8.33. The van der Waals surface area contributed by atoms with Gasteiger partial charge in [-0.05, 0) is 96.1 Å². The van der Waals surface area contributed by atoms with Crippen molar-refractivity contribution in [2.45, 2.75) is 65.0 Å². The molecule has 194 valence electrons. The molecule has 2 aromatic carbocycles. The summed E-state index contributed by atoms with van der Waals surface area (Å²) in [6.45, 7) is 6.42. The second-order valence-corrected chi connectivity index (χ2v) is 10.7. The summed E-state index contributed by atoms with van der Waals surface area (Å²) < 4.78 is 22.9. The lowest BCUT2D eigenvalue weighted by atomic mass is 10.1. The Hall–Kier alpha value is -2.22. The van der Waals surface area contributed by atoms with E-state index in [1.807, 2.05) is 24.3 Å². The van der Waals surface area contributed by atoms with Crippen LogP contribution >= 0.6 is 45.2 Å². The number of carbonyl (C=O) groups is 4. The Morgan fingerprint density at radius 2 is 0.944 bits per heavy atom. The maximum absolute atomic E-state index is 12.9. The SMILES string of the molecule is CC(C)OC(=O)[C@H](OC(=O)Cc1ccccc1I)[C@@H](OC(=O)Cc1ccccc1I)C(=O)OC(C)C. The summed E-state index contributed by atoms with van der Waals surface area (Å²) in [4.78, 5) is 51.5. The Balaban J connectivity index is 2.33. The fraction of sp³-hybridized carbons (Fsp3) is 0.385. The van der Waals surface area contributed by atoms with Crippen molar-refractivity contribution in [3.8, 4) is 0 Å². The third-order valence-electron chi connectivity index (χ3n) is 4.55. The Kier molecular flexibility index (Phi) is 12.1. The average Bonchev–Trinajstić information content (AvgIpc) is 2.78. The summed E-state index contributed by atoms with van der Waals surface area (Å²) in [5.41, 5.74) is 1.35. The number of hydrogen-bond donors (Lipinski definition) is 0. The highest BCUT2D eigenvalue weighted by molar-refractivity contribution is 14.1. The molecule has 0 aliphatic rings. The van der Waals surface area contributed by atoms with Crippen molar-refractivity contribution in [1.82, 2.24) is 0 Å². The quantitative estimate of drug-likeness (QED) is 0.191. The van der Waals surface area contributed by atoms with Crippen molar-refractivity contribution in [3.05, 3.63) is 66.8 Å². The van der Waals surface area contributed by atoms with Crippen molar-refractivity contribution in [1.29, 1.82) is 0 Å². The maximum atomic E-state index is 12.9. The summed E-state index contributed by atoms with van der Waals surface area (Å²) >= 11 is 4.16. The lowest BCUT2D eigenvalue weighted by Gasteiger charge is -2.26. The minimum atomic E-state index is -1.84. The molecule has 0 saturated carbocycles. The van der Waals surface area contributed by atoms with E-state index in [-0.39, 0.29) is 12.8 Å². The zero-order valence-electron chi connectivity index (χ0n) is 20.4. The molecule has 0 aromatic heterocycles. The molecule has 10 heteroatoms. The molecule has 8 nitrogen and oxygen atoms in total. The highest BCUT2D eigenvalue weighted by Crippen LogP contribution is 2.18. The van der Waals surface area contributed by atoms with Gasteiger partial charge in [0.25, 0.3) is 0 Å². The van der Waals surface area contributed by atoms with Gasteiger partial charge in [0.05, 0.1) is 25.0 Å². The molecule has 0 saturated heterocycles. The molecule has 2 rings (SSSR count). The zero-order valence-corrected chi connectivity index (χ0v) is 24.7. The number of benzene rings is 2.